The van der Waals surface area contributed by atoms with Crippen molar-refractivity contribution in [3.8, 4) is 5.75 Å². The van der Waals surface area contributed by atoms with E-state index < -0.39 is 0 Å². The van der Waals surface area contributed by atoms with Crippen molar-refractivity contribution in [2.75, 3.05) is 14.2 Å². The number of thiophene rings is 1. The fraction of sp³-hybridized carbons (Fsp3) is 0.304. The lowest BCUT2D eigenvalue weighted by Gasteiger charge is -2.21. The largest absolute Gasteiger partial charge is 0.496 e. The summed E-state index contributed by atoms with van der Waals surface area (Å²) in [6.07, 6.45) is 0.743. The topological polar surface area (TPSA) is 51.5 Å². The molecule has 3 rings (SSSR count). The van der Waals surface area contributed by atoms with Crippen molar-refractivity contribution < 1.29 is 9.53 Å². The lowest BCUT2D eigenvalue weighted by molar-refractivity contribution is 0.0783. The number of aryl methyl sites for hydroxylation is 2. The third-order valence-corrected chi connectivity index (χ3v) is 5.97. The summed E-state index contributed by atoms with van der Waals surface area (Å²) in [4.78, 5) is 28.4. The molecule has 6 heteroatoms. The minimum absolute atomic E-state index is 0.225. The number of benzene rings is 1. The number of pyridine rings is 1. The highest BCUT2D eigenvalue weighted by Crippen LogP contribution is 2.20. The Morgan fingerprint density at radius 2 is 1.93 bits per heavy atom. The zero-order chi connectivity index (χ0) is 21.0. The fourth-order valence-corrected chi connectivity index (χ4v) is 4.32. The average molecular weight is 411 g/mol. The molecule has 2 heterocycles. The van der Waals surface area contributed by atoms with Gasteiger partial charge in [0, 0.05) is 35.9 Å². The molecule has 29 heavy (non-hydrogen) atoms. The van der Waals surface area contributed by atoms with E-state index >= 15 is 0 Å². The van der Waals surface area contributed by atoms with Gasteiger partial charge >= 0.3 is 0 Å². The van der Waals surface area contributed by atoms with Crippen molar-refractivity contribution in [2.45, 2.75) is 33.4 Å². The van der Waals surface area contributed by atoms with Crippen molar-refractivity contribution in [3.05, 3.63) is 85.5 Å². The molecule has 5 nitrogen and oxygen atoms in total. The summed E-state index contributed by atoms with van der Waals surface area (Å²) in [5.74, 6) is 0.600. The van der Waals surface area contributed by atoms with E-state index in [4.69, 9.17) is 4.74 Å². The van der Waals surface area contributed by atoms with Gasteiger partial charge in [-0.1, -0.05) is 24.3 Å². The van der Waals surface area contributed by atoms with E-state index in [2.05, 4.69) is 0 Å². The molecule has 0 spiro atoms. The number of hydrogen-bond donors (Lipinski definition) is 0. The number of amides is 1. The number of methoxy groups -OCH3 is 1. The molecule has 0 radical (unpaired) electrons. The van der Waals surface area contributed by atoms with Gasteiger partial charge in [-0.2, -0.15) is 0 Å². The van der Waals surface area contributed by atoms with Gasteiger partial charge in [-0.05, 0) is 43.3 Å². The molecule has 0 fully saturated rings. The number of hydrogen-bond acceptors (Lipinski definition) is 4. The molecule has 0 aliphatic heterocycles. The lowest BCUT2D eigenvalue weighted by Crippen LogP contribution is -2.33. The molecule has 152 valence electrons. The van der Waals surface area contributed by atoms with E-state index in [1.165, 1.54) is 0 Å². The first-order chi connectivity index (χ1) is 13.9. The predicted octanol–water partition coefficient (Wildman–Crippen LogP) is 4.05. The Morgan fingerprint density at radius 1 is 1.17 bits per heavy atom. The minimum Gasteiger partial charge on any atom is -0.496 e. The molecule has 1 aromatic carbocycles. The zero-order valence-corrected chi connectivity index (χ0v) is 18.1. The van der Waals surface area contributed by atoms with Crippen LogP contribution < -0.4 is 10.2 Å². The molecule has 1 amide bonds. The number of carbonyl (C=O) groups is 1. The van der Waals surface area contributed by atoms with E-state index in [0.29, 0.717) is 18.8 Å². The third-order valence-electron chi connectivity index (χ3n) is 5.11. The Morgan fingerprint density at radius 3 is 2.62 bits per heavy atom. The minimum atomic E-state index is -0.244. The highest BCUT2D eigenvalue weighted by molar-refractivity contribution is 7.09. The van der Waals surface area contributed by atoms with Crippen molar-refractivity contribution in [1.82, 2.24) is 9.47 Å². The molecule has 2 aromatic heterocycles. The van der Waals surface area contributed by atoms with Crippen LogP contribution in [0.25, 0.3) is 0 Å². The summed E-state index contributed by atoms with van der Waals surface area (Å²) < 4.78 is 7.48. The SMILES string of the molecule is COc1ccccc1CCn1c(C)cc(=O)c(C(=O)N(C)Cc2cccs2)c1C. The second-order valence-electron chi connectivity index (χ2n) is 7.06. The standard InChI is InChI=1S/C23H26N2O3S/c1-16-14-20(26)22(23(27)24(3)15-19-9-7-13-29-19)17(2)25(16)12-11-18-8-5-6-10-21(18)28-4/h5-10,13-14H,11-12,15H2,1-4H3. The van der Waals surface area contributed by atoms with E-state index in [0.717, 1.165) is 28.3 Å². The van der Waals surface area contributed by atoms with Crippen molar-refractivity contribution in [2.24, 2.45) is 0 Å². The van der Waals surface area contributed by atoms with Gasteiger partial charge in [0.1, 0.15) is 11.3 Å². The predicted molar refractivity (Wildman–Crippen MR) is 117 cm³/mol. The van der Waals surface area contributed by atoms with Crippen LogP contribution in [0.5, 0.6) is 5.75 Å². The van der Waals surface area contributed by atoms with Crippen LogP contribution in [0.1, 0.15) is 32.2 Å². The summed E-state index contributed by atoms with van der Waals surface area (Å²) in [5.41, 5.74) is 2.66. The molecule has 0 aliphatic carbocycles. The number of ether oxygens (including phenoxy) is 1. The second kappa shape index (κ2) is 9.09. The molecule has 0 atom stereocenters. The average Bonchev–Trinajstić information content (AvgIpc) is 3.20. The van der Waals surface area contributed by atoms with E-state index in [9.17, 15) is 9.59 Å². The van der Waals surface area contributed by atoms with Gasteiger partial charge in [0.25, 0.3) is 5.91 Å². The van der Waals surface area contributed by atoms with Gasteiger partial charge in [-0.3, -0.25) is 9.59 Å². The van der Waals surface area contributed by atoms with Crippen LogP contribution in [0.2, 0.25) is 0 Å². The summed E-state index contributed by atoms with van der Waals surface area (Å²) in [5, 5.41) is 1.98. The molecule has 0 N–H and O–H groups in total. The number of aromatic nitrogens is 1. The fourth-order valence-electron chi connectivity index (χ4n) is 3.56. The van der Waals surface area contributed by atoms with E-state index in [-0.39, 0.29) is 16.9 Å². The van der Waals surface area contributed by atoms with Crippen molar-refractivity contribution in [3.63, 3.8) is 0 Å². The molecular formula is C23H26N2O3S. The molecular weight excluding hydrogens is 384 g/mol. The van der Waals surface area contributed by atoms with Gasteiger partial charge in [0.05, 0.1) is 13.7 Å². The summed E-state index contributed by atoms with van der Waals surface area (Å²) >= 11 is 1.60. The van der Waals surface area contributed by atoms with Crippen molar-refractivity contribution in [1.29, 1.82) is 0 Å². The first-order valence-electron chi connectivity index (χ1n) is 9.53. The highest BCUT2D eigenvalue weighted by Gasteiger charge is 2.21. The van der Waals surface area contributed by atoms with E-state index in [1.54, 1.807) is 36.5 Å². The van der Waals surface area contributed by atoms with Crippen LogP contribution in [0.15, 0.2) is 52.6 Å². The maximum Gasteiger partial charge on any atom is 0.259 e. The first kappa shape index (κ1) is 20.9. The Labute approximate surface area is 175 Å². The lowest BCUT2D eigenvalue weighted by atomic mass is 10.1. The monoisotopic (exact) mass is 410 g/mol. The molecule has 0 unspecified atom stereocenters. The molecule has 0 aliphatic rings. The molecule has 0 saturated carbocycles. The Balaban J connectivity index is 1.87. The summed E-state index contributed by atoms with van der Waals surface area (Å²) in [6.45, 7) is 4.90. The van der Waals surface area contributed by atoms with Crippen LogP contribution in [-0.4, -0.2) is 29.5 Å². The van der Waals surface area contributed by atoms with Crippen LogP contribution in [0.4, 0.5) is 0 Å². The Bertz CT molecular complexity index is 1050. The highest BCUT2D eigenvalue weighted by atomic mass is 32.1. The number of carbonyl (C=O) groups excluding carboxylic acids is 1. The van der Waals surface area contributed by atoms with Gasteiger partial charge in [-0.25, -0.2) is 0 Å². The quantitative estimate of drug-likeness (QED) is 0.590. The number of nitrogens with zero attached hydrogens (tertiary/aromatic N) is 2. The van der Waals surface area contributed by atoms with Crippen molar-refractivity contribution >= 4 is 17.2 Å². The van der Waals surface area contributed by atoms with Crippen LogP contribution in [-0.2, 0) is 19.5 Å². The van der Waals surface area contributed by atoms with E-state index in [1.807, 2.05) is 60.2 Å². The van der Waals surface area contributed by atoms with Gasteiger partial charge in [0.15, 0.2) is 5.43 Å². The van der Waals surface area contributed by atoms with Crippen LogP contribution in [0, 0.1) is 13.8 Å². The maximum absolute atomic E-state index is 13.0. The second-order valence-corrected chi connectivity index (χ2v) is 8.10. The smallest absolute Gasteiger partial charge is 0.259 e. The number of rotatable bonds is 7. The third kappa shape index (κ3) is 4.59. The van der Waals surface area contributed by atoms with Crippen LogP contribution in [0.3, 0.4) is 0 Å². The summed E-state index contributed by atoms with van der Waals surface area (Å²) in [7, 11) is 3.40. The number of para-hydroxylation sites is 1. The zero-order valence-electron chi connectivity index (χ0n) is 17.3. The first-order valence-corrected chi connectivity index (χ1v) is 10.4. The Kier molecular flexibility index (Phi) is 6.54. The van der Waals surface area contributed by atoms with Gasteiger partial charge < -0.3 is 14.2 Å². The van der Waals surface area contributed by atoms with Gasteiger partial charge in [-0.15, -0.1) is 11.3 Å². The maximum atomic E-state index is 13.0. The molecule has 3 aromatic rings. The van der Waals surface area contributed by atoms with Crippen LogP contribution >= 0.6 is 11.3 Å². The molecule has 0 saturated heterocycles. The molecule has 0 bridgehead atoms. The summed E-state index contributed by atoms with van der Waals surface area (Å²) in [6, 6.07) is 13.4. The Hall–Kier alpha value is -2.86. The van der Waals surface area contributed by atoms with Gasteiger partial charge in [0.2, 0.25) is 0 Å². The normalized spacial score (nSPS) is 10.8.